The molecule has 4 nitrogen and oxygen atoms in total. The first-order valence-electron chi connectivity index (χ1n) is 6.77. The minimum absolute atomic E-state index is 0.0296. The molecule has 0 aliphatic heterocycles. The van der Waals surface area contributed by atoms with Gasteiger partial charge >= 0.3 is 0 Å². The second kappa shape index (κ2) is 7.09. The van der Waals surface area contributed by atoms with Crippen molar-refractivity contribution < 1.29 is 14.6 Å². The van der Waals surface area contributed by atoms with Crippen LogP contribution in [0, 0.1) is 11.8 Å². The Hall–Kier alpha value is -1.83. The molecule has 1 aliphatic carbocycles. The van der Waals surface area contributed by atoms with Crippen molar-refractivity contribution in [3.63, 3.8) is 0 Å². The molecule has 4 heteroatoms. The molecule has 1 saturated carbocycles. The lowest BCUT2D eigenvalue weighted by Crippen LogP contribution is -2.47. The molecule has 2 N–H and O–H groups in total. The van der Waals surface area contributed by atoms with Crippen LogP contribution >= 0.6 is 0 Å². The third-order valence-electron chi connectivity index (χ3n) is 3.39. The SMILES string of the molecule is COC1CC(NC(=O)c2ccccc2C#CCCO)C1. The Morgan fingerprint density at radius 1 is 1.45 bits per heavy atom. The summed E-state index contributed by atoms with van der Waals surface area (Å²) in [5, 5.41) is 11.7. The maximum absolute atomic E-state index is 12.2. The summed E-state index contributed by atoms with van der Waals surface area (Å²) in [6.07, 6.45) is 2.40. The molecule has 0 unspecified atom stereocenters. The predicted molar refractivity (Wildman–Crippen MR) is 76.3 cm³/mol. The Balaban J connectivity index is 2.01. The smallest absolute Gasteiger partial charge is 0.252 e. The minimum atomic E-state index is -0.0987. The third-order valence-corrected chi connectivity index (χ3v) is 3.39. The Morgan fingerprint density at radius 2 is 2.20 bits per heavy atom. The summed E-state index contributed by atoms with van der Waals surface area (Å²) in [5.74, 6) is 5.67. The monoisotopic (exact) mass is 273 g/mol. The van der Waals surface area contributed by atoms with Gasteiger partial charge in [0.05, 0.1) is 18.3 Å². The number of ether oxygens (including phenoxy) is 1. The number of nitrogens with one attached hydrogen (secondary N) is 1. The largest absolute Gasteiger partial charge is 0.395 e. The summed E-state index contributed by atoms with van der Waals surface area (Å²) < 4.78 is 5.20. The molecule has 1 aliphatic rings. The van der Waals surface area contributed by atoms with E-state index < -0.39 is 0 Å². The fraction of sp³-hybridized carbons (Fsp3) is 0.438. The van der Waals surface area contributed by atoms with E-state index >= 15 is 0 Å². The van der Waals surface area contributed by atoms with Gasteiger partial charge in [-0.2, -0.15) is 0 Å². The fourth-order valence-electron chi connectivity index (χ4n) is 2.14. The summed E-state index contributed by atoms with van der Waals surface area (Å²) in [4.78, 5) is 12.2. The third kappa shape index (κ3) is 3.60. The average Bonchev–Trinajstić information content (AvgIpc) is 2.43. The van der Waals surface area contributed by atoms with Crippen LogP contribution in [-0.4, -0.2) is 36.9 Å². The van der Waals surface area contributed by atoms with Gasteiger partial charge in [-0.25, -0.2) is 0 Å². The molecule has 1 fully saturated rings. The Bertz CT molecular complexity index is 524. The van der Waals surface area contributed by atoms with E-state index in [-0.39, 0.29) is 24.7 Å². The first kappa shape index (κ1) is 14.6. The van der Waals surface area contributed by atoms with Crippen LogP contribution in [0.4, 0.5) is 0 Å². The van der Waals surface area contributed by atoms with Gasteiger partial charge in [-0.05, 0) is 25.0 Å². The van der Waals surface area contributed by atoms with Crippen molar-refractivity contribution >= 4 is 5.91 Å². The molecule has 0 atom stereocenters. The summed E-state index contributed by atoms with van der Waals surface area (Å²) in [6.45, 7) is 0.0296. The Morgan fingerprint density at radius 3 is 2.90 bits per heavy atom. The van der Waals surface area contributed by atoms with E-state index in [1.165, 1.54) is 0 Å². The number of rotatable bonds is 4. The fourth-order valence-corrected chi connectivity index (χ4v) is 2.14. The van der Waals surface area contributed by atoms with E-state index in [1.54, 1.807) is 13.2 Å². The van der Waals surface area contributed by atoms with Gasteiger partial charge in [0.25, 0.3) is 5.91 Å². The van der Waals surface area contributed by atoms with E-state index in [1.807, 2.05) is 18.2 Å². The molecule has 0 radical (unpaired) electrons. The summed E-state index contributed by atoms with van der Waals surface area (Å²) in [5.41, 5.74) is 1.28. The quantitative estimate of drug-likeness (QED) is 0.814. The van der Waals surface area contributed by atoms with Crippen LogP contribution in [0.2, 0.25) is 0 Å². The molecule has 106 valence electrons. The topological polar surface area (TPSA) is 58.6 Å². The van der Waals surface area contributed by atoms with E-state index in [4.69, 9.17) is 9.84 Å². The first-order chi connectivity index (χ1) is 9.74. The van der Waals surface area contributed by atoms with Gasteiger partial charge in [0.1, 0.15) is 0 Å². The Kier molecular flexibility index (Phi) is 5.16. The standard InChI is InChI=1S/C16H19NO3/c1-20-14-10-13(11-14)17-16(19)15-8-3-2-6-12(15)7-4-5-9-18/h2-3,6,8,13-14,18H,5,9-11H2,1H3,(H,17,19). The summed E-state index contributed by atoms with van der Waals surface area (Å²) in [6, 6.07) is 7.45. The average molecular weight is 273 g/mol. The van der Waals surface area contributed by atoms with Crippen LogP contribution in [0.3, 0.4) is 0 Å². The zero-order chi connectivity index (χ0) is 14.4. The van der Waals surface area contributed by atoms with Crippen LogP contribution in [0.15, 0.2) is 24.3 Å². The highest BCUT2D eigenvalue weighted by Gasteiger charge is 2.30. The maximum atomic E-state index is 12.2. The van der Waals surface area contributed by atoms with Crippen molar-refractivity contribution in [1.29, 1.82) is 0 Å². The van der Waals surface area contributed by atoms with Crippen molar-refractivity contribution in [2.75, 3.05) is 13.7 Å². The van der Waals surface area contributed by atoms with Gasteiger partial charge in [0.2, 0.25) is 0 Å². The van der Waals surface area contributed by atoms with Gasteiger partial charge in [0, 0.05) is 25.1 Å². The molecule has 0 saturated heterocycles. The molecule has 0 heterocycles. The molecule has 1 amide bonds. The molecule has 2 rings (SSSR count). The van der Waals surface area contributed by atoms with E-state index in [0.29, 0.717) is 17.5 Å². The number of methoxy groups -OCH3 is 1. The van der Waals surface area contributed by atoms with E-state index in [2.05, 4.69) is 17.2 Å². The van der Waals surface area contributed by atoms with Crippen LogP contribution in [0.5, 0.6) is 0 Å². The van der Waals surface area contributed by atoms with Crippen LogP contribution in [0.25, 0.3) is 0 Å². The first-order valence-corrected chi connectivity index (χ1v) is 6.77. The zero-order valence-corrected chi connectivity index (χ0v) is 11.6. The van der Waals surface area contributed by atoms with E-state index in [9.17, 15) is 4.79 Å². The molecule has 1 aromatic carbocycles. The minimum Gasteiger partial charge on any atom is -0.395 e. The number of aliphatic hydroxyl groups is 1. The van der Waals surface area contributed by atoms with Crippen LogP contribution in [-0.2, 0) is 4.74 Å². The lowest BCUT2D eigenvalue weighted by molar-refractivity contribution is 0.0176. The number of amides is 1. The summed E-state index contributed by atoms with van der Waals surface area (Å²) >= 11 is 0. The van der Waals surface area contributed by atoms with Gasteiger partial charge in [-0.3, -0.25) is 4.79 Å². The van der Waals surface area contributed by atoms with Crippen molar-refractivity contribution in [2.45, 2.75) is 31.4 Å². The van der Waals surface area contributed by atoms with Crippen LogP contribution in [0.1, 0.15) is 35.2 Å². The van der Waals surface area contributed by atoms with Crippen molar-refractivity contribution in [3.05, 3.63) is 35.4 Å². The van der Waals surface area contributed by atoms with Crippen LogP contribution < -0.4 is 5.32 Å². The Labute approximate surface area is 119 Å². The number of hydrogen-bond donors (Lipinski definition) is 2. The lowest BCUT2D eigenvalue weighted by Gasteiger charge is -2.34. The van der Waals surface area contributed by atoms with Gasteiger partial charge in [0.15, 0.2) is 0 Å². The number of aliphatic hydroxyl groups excluding tert-OH is 1. The molecular formula is C16H19NO3. The molecule has 20 heavy (non-hydrogen) atoms. The van der Waals surface area contributed by atoms with E-state index in [0.717, 1.165) is 12.8 Å². The van der Waals surface area contributed by atoms with Gasteiger partial charge in [-0.1, -0.05) is 24.0 Å². The van der Waals surface area contributed by atoms with Crippen molar-refractivity contribution in [1.82, 2.24) is 5.32 Å². The molecule has 0 bridgehead atoms. The number of carbonyl (C=O) groups excluding carboxylic acids is 1. The van der Waals surface area contributed by atoms with Crippen molar-refractivity contribution in [2.24, 2.45) is 0 Å². The van der Waals surface area contributed by atoms with Gasteiger partial charge in [-0.15, -0.1) is 0 Å². The highest BCUT2D eigenvalue weighted by molar-refractivity contribution is 5.97. The number of benzene rings is 1. The molecule has 0 aromatic heterocycles. The van der Waals surface area contributed by atoms with Gasteiger partial charge < -0.3 is 15.2 Å². The number of carbonyl (C=O) groups is 1. The molecule has 1 aromatic rings. The zero-order valence-electron chi connectivity index (χ0n) is 11.6. The highest BCUT2D eigenvalue weighted by atomic mass is 16.5. The molecular weight excluding hydrogens is 254 g/mol. The van der Waals surface area contributed by atoms with Crippen molar-refractivity contribution in [3.8, 4) is 11.8 Å². The molecule has 0 spiro atoms. The second-order valence-electron chi connectivity index (χ2n) is 4.82. The summed E-state index contributed by atoms with van der Waals surface area (Å²) in [7, 11) is 1.69. The number of hydrogen-bond acceptors (Lipinski definition) is 3. The maximum Gasteiger partial charge on any atom is 0.252 e. The highest BCUT2D eigenvalue weighted by Crippen LogP contribution is 2.23. The normalized spacial score (nSPS) is 20.5. The second-order valence-corrected chi connectivity index (χ2v) is 4.82. The predicted octanol–water partition coefficient (Wildman–Crippen LogP) is 1.33. The lowest BCUT2D eigenvalue weighted by atomic mass is 9.89.